The first kappa shape index (κ1) is 14.9. The fraction of sp³-hybridized carbons (Fsp3) is 0.133. The molecule has 1 saturated heterocycles. The van der Waals surface area contributed by atoms with E-state index in [1.807, 2.05) is 10.6 Å². The van der Waals surface area contributed by atoms with Gasteiger partial charge in [-0.25, -0.2) is 9.59 Å². The lowest BCUT2D eigenvalue weighted by Gasteiger charge is -2.33. The van der Waals surface area contributed by atoms with Crippen molar-refractivity contribution in [3.63, 3.8) is 0 Å². The lowest BCUT2D eigenvalue weighted by molar-refractivity contribution is -0.151. The van der Waals surface area contributed by atoms with Gasteiger partial charge in [0.05, 0.1) is 11.5 Å². The Balaban J connectivity index is 2.03. The zero-order valence-corrected chi connectivity index (χ0v) is 12.4. The number of carbonyl (C=O) groups is 3. The van der Waals surface area contributed by atoms with Gasteiger partial charge in [-0.1, -0.05) is 30.3 Å². The Hall–Kier alpha value is -3.69. The van der Waals surface area contributed by atoms with E-state index in [9.17, 15) is 24.0 Å². The van der Waals surface area contributed by atoms with Gasteiger partial charge >= 0.3 is 11.7 Å². The number of barbiturate groups is 1. The van der Waals surface area contributed by atoms with E-state index in [0.717, 1.165) is 0 Å². The van der Waals surface area contributed by atoms with Gasteiger partial charge in [-0.05, 0) is 5.56 Å². The van der Waals surface area contributed by atoms with Crippen molar-refractivity contribution in [3.05, 3.63) is 62.3 Å². The zero-order chi connectivity index (χ0) is 17.8. The molecule has 0 bridgehead atoms. The second kappa shape index (κ2) is 4.90. The molecule has 1 fully saturated rings. The molecule has 25 heavy (non-hydrogen) atoms. The Morgan fingerprint density at radius 3 is 2.16 bits per heavy atom. The van der Waals surface area contributed by atoms with Gasteiger partial charge in [-0.3, -0.25) is 35.0 Å². The van der Waals surface area contributed by atoms with Crippen molar-refractivity contribution in [2.45, 2.75) is 11.5 Å². The van der Waals surface area contributed by atoms with Crippen molar-refractivity contribution in [1.82, 2.24) is 20.6 Å². The number of urea groups is 1. The van der Waals surface area contributed by atoms with Gasteiger partial charge in [0, 0.05) is 0 Å². The molecule has 1 atom stereocenters. The van der Waals surface area contributed by atoms with Crippen LogP contribution in [0.5, 0.6) is 5.88 Å². The van der Waals surface area contributed by atoms with Crippen LogP contribution in [0.3, 0.4) is 0 Å². The van der Waals surface area contributed by atoms with Crippen molar-refractivity contribution < 1.29 is 19.1 Å². The molecule has 0 radical (unpaired) electrons. The number of hydrogen-bond acceptors (Lipinski definition) is 6. The summed E-state index contributed by atoms with van der Waals surface area (Å²) in [6.45, 7) is 0. The Morgan fingerprint density at radius 2 is 1.52 bits per heavy atom. The summed E-state index contributed by atoms with van der Waals surface area (Å²) in [5, 5.41) is 3.94. The molecule has 1 spiro atoms. The van der Waals surface area contributed by atoms with E-state index in [1.165, 1.54) is 0 Å². The fourth-order valence-electron chi connectivity index (χ4n) is 3.17. The van der Waals surface area contributed by atoms with Crippen LogP contribution in [-0.4, -0.2) is 33.4 Å². The monoisotopic (exact) mass is 342 g/mol. The van der Waals surface area contributed by atoms with Crippen LogP contribution in [0.25, 0.3) is 0 Å². The number of ether oxygens (including phenoxy) is 1. The number of hydrogen-bond donors (Lipinski definition) is 4. The summed E-state index contributed by atoms with van der Waals surface area (Å²) < 4.78 is 5.49. The molecular weight excluding hydrogens is 332 g/mol. The molecule has 10 nitrogen and oxygen atoms in total. The second-order valence-electron chi connectivity index (χ2n) is 5.57. The number of nitrogens with one attached hydrogen (secondary N) is 4. The van der Waals surface area contributed by atoms with Crippen LogP contribution in [0.15, 0.2) is 39.9 Å². The predicted molar refractivity (Wildman–Crippen MR) is 81.0 cm³/mol. The highest BCUT2D eigenvalue weighted by Gasteiger charge is 2.64. The molecule has 10 heteroatoms. The van der Waals surface area contributed by atoms with Crippen molar-refractivity contribution in [1.29, 1.82) is 0 Å². The van der Waals surface area contributed by atoms with Gasteiger partial charge in [0.2, 0.25) is 5.88 Å². The zero-order valence-electron chi connectivity index (χ0n) is 12.4. The number of amides is 4. The van der Waals surface area contributed by atoms with Gasteiger partial charge in [0.15, 0.2) is 0 Å². The van der Waals surface area contributed by atoms with Crippen LogP contribution in [0.4, 0.5) is 4.79 Å². The molecule has 0 saturated carbocycles. The molecule has 126 valence electrons. The highest BCUT2D eigenvalue weighted by molar-refractivity contribution is 6.23. The van der Waals surface area contributed by atoms with Gasteiger partial charge in [0.25, 0.3) is 23.0 Å². The molecule has 2 aliphatic rings. The third-order valence-electron chi connectivity index (χ3n) is 4.16. The van der Waals surface area contributed by atoms with Crippen LogP contribution < -0.4 is 26.6 Å². The third-order valence-corrected chi connectivity index (χ3v) is 4.16. The summed E-state index contributed by atoms with van der Waals surface area (Å²) in [7, 11) is 0. The normalized spacial score (nSPS) is 20.6. The lowest BCUT2D eigenvalue weighted by atomic mass is 9.77. The van der Waals surface area contributed by atoms with E-state index in [2.05, 4.69) is 9.97 Å². The first-order valence-electron chi connectivity index (χ1n) is 7.21. The quantitative estimate of drug-likeness (QED) is 0.473. The fourth-order valence-corrected chi connectivity index (χ4v) is 3.17. The van der Waals surface area contributed by atoms with Crippen molar-refractivity contribution >= 4 is 17.8 Å². The molecule has 2 aromatic rings. The number of aromatic amines is 2. The summed E-state index contributed by atoms with van der Waals surface area (Å²) in [5.41, 5.74) is -3.51. The maximum absolute atomic E-state index is 12.6. The average molecular weight is 342 g/mol. The van der Waals surface area contributed by atoms with E-state index >= 15 is 0 Å². The van der Waals surface area contributed by atoms with Crippen LogP contribution in [0.2, 0.25) is 0 Å². The molecule has 4 N–H and O–H groups in total. The van der Waals surface area contributed by atoms with Gasteiger partial charge < -0.3 is 4.74 Å². The van der Waals surface area contributed by atoms with Gasteiger partial charge in [-0.2, -0.15) is 0 Å². The summed E-state index contributed by atoms with van der Waals surface area (Å²) >= 11 is 0. The second-order valence-corrected chi connectivity index (χ2v) is 5.57. The minimum absolute atomic E-state index is 0.0783. The minimum atomic E-state index is -2.23. The topological polar surface area (TPSA) is 150 Å². The lowest BCUT2D eigenvalue weighted by Crippen LogP contribution is -2.70. The summed E-state index contributed by atoms with van der Waals surface area (Å²) in [6.07, 6.45) is 0. The highest BCUT2D eigenvalue weighted by Crippen LogP contribution is 2.46. The third kappa shape index (κ3) is 1.94. The first-order chi connectivity index (χ1) is 11.9. The van der Waals surface area contributed by atoms with Crippen molar-refractivity contribution in [2.24, 2.45) is 0 Å². The Labute approximate surface area is 138 Å². The molecule has 1 aromatic heterocycles. The number of aromatic nitrogens is 2. The average Bonchev–Trinajstić information content (AvgIpc) is 2.90. The first-order valence-corrected chi connectivity index (χ1v) is 7.21. The number of imide groups is 2. The van der Waals surface area contributed by atoms with Gasteiger partial charge in [-0.15, -0.1) is 0 Å². The van der Waals surface area contributed by atoms with E-state index < -0.39 is 40.6 Å². The SMILES string of the molecule is O=C1NC(=O)C2(Oc3[nH]c(=O)[nH]c(=O)c3C2c2ccccc2)C(=O)N1. The Morgan fingerprint density at radius 1 is 0.880 bits per heavy atom. The Kier molecular flexibility index (Phi) is 2.92. The van der Waals surface area contributed by atoms with E-state index in [-0.39, 0.29) is 11.4 Å². The Bertz CT molecular complexity index is 1020. The number of H-pyrrole nitrogens is 2. The highest BCUT2D eigenvalue weighted by atomic mass is 16.5. The molecular formula is C15H10N4O6. The number of benzene rings is 1. The maximum atomic E-state index is 12.6. The van der Waals surface area contributed by atoms with E-state index in [4.69, 9.17) is 4.74 Å². The molecule has 4 rings (SSSR count). The van der Waals surface area contributed by atoms with Crippen molar-refractivity contribution in [3.8, 4) is 5.88 Å². The summed E-state index contributed by atoms with van der Waals surface area (Å²) in [4.78, 5) is 64.7. The van der Waals surface area contributed by atoms with Gasteiger partial charge in [0.1, 0.15) is 0 Å². The van der Waals surface area contributed by atoms with E-state index in [0.29, 0.717) is 5.56 Å². The summed E-state index contributed by atoms with van der Waals surface area (Å²) in [5.74, 6) is -3.49. The number of fused-ring (bicyclic) bond motifs is 1. The van der Waals surface area contributed by atoms with Crippen LogP contribution in [-0.2, 0) is 9.59 Å². The van der Waals surface area contributed by atoms with E-state index in [1.54, 1.807) is 30.3 Å². The molecule has 0 aliphatic carbocycles. The van der Waals surface area contributed by atoms with Crippen LogP contribution in [0.1, 0.15) is 17.0 Å². The predicted octanol–water partition coefficient (Wildman–Crippen LogP) is -1.31. The molecule has 3 heterocycles. The molecule has 4 amide bonds. The van der Waals surface area contributed by atoms with Crippen molar-refractivity contribution in [2.75, 3.05) is 0 Å². The maximum Gasteiger partial charge on any atom is 0.328 e. The minimum Gasteiger partial charge on any atom is -0.451 e. The van der Waals surface area contributed by atoms with Crippen LogP contribution in [0, 0.1) is 0 Å². The number of carbonyl (C=O) groups excluding carboxylic acids is 3. The largest absolute Gasteiger partial charge is 0.451 e. The molecule has 1 unspecified atom stereocenters. The standard InChI is InChI=1S/C15H10N4O6/c20-9-7-8(6-4-2-1-3-5-6)15(25-10(7)17-13(23)16-9)11(21)18-14(24)19-12(15)22/h1-5,8H,(H2,16,17,20,23)(H2,18,19,21,22,24). The smallest absolute Gasteiger partial charge is 0.328 e. The summed E-state index contributed by atoms with van der Waals surface area (Å²) in [6, 6.07) is 7.25. The van der Waals surface area contributed by atoms with Crippen LogP contribution >= 0.6 is 0 Å². The molecule has 2 aliphatic heterocycles. The molecule has 1 aromatic carbocycles. The number of rotatable bonds is 1.